The minimum absolute atomic E-state index is 0.103. The van der Waals surface area contributed by atoms with E-state index < -0.39 is 0 Å². The lowest BCUT2D eigenvalue weighted by Crippen LogP contribution is -2.68. The summed E-state index contributed by atoms with van der Waals surface area (Å²) in [6.07, 6.45) is 1.50. The van der Waals surface area contributed by atoms with Gasteiger partial charge in [-0.3, -0.25) is 4.99 Å². The van der Waals surface area contributed by atoms with Gasteiger partial charge in [-0.25, -0.2) is 0 Å². The summed E-state index contributed by atoms with van der Waals surface area (Å²) >= 11 is 0. The zero-order valence-corrected chi connectivity index (χ0v) is 15.3. The fourth-order valence-corrected chi connectivity index (χ4v) is 4.24. The summed E-state index contributed by atoms with van der Waals surface area (Å²) < 4.78 is 11.3. The van der Waals surface area contributed by atoms with Crippen molar-refractivity contribution in [1.82, 2.24) is 10.6 Å². The molecule has 2 aliphatic rings. The molecule has 24 heavy (non-hydrogen) atoms. The molecule has 1 aliphatic carbocycles. The van der Waals surface area contributed by atoms with E-state index in [0.717, 1.165) is 30.3 Å². The Labute approximate surface area is 144 Å². The van der Waals surface area contributed by atoms with E-state index >= 15 is 0 Å². The first-order chi connectivity index (χ1) is 11.5. The summed E-state index contributed by atoms with van der Waals surface area (Å²) in [5.74, 6) is 2.30. The average Bonchev–Trinajstić information content (AvgIpc) is 3.05. The predicted molar refractivity (Wildman–Crippen MR) is 96.5 cm³/mol. The average molecular weight is 331 g/mol. The van der Waals surface area contributed by atoms with Gasteiger partial charge in [0.25, 0.3) is 0 Å². The fraction of sp³-hybridized carbons (Fsp3) is 0.632. The van der Waals surface area contributed by atoms with E-state index in [1.54, 1.807) is 7.11 Å². The molecule has 1 heterocycles. The number of para-hydroxylation sites is 1. The van der Waals surface area contributed by atoms with Gasteiger partial charge in [-0.05, 0) is 19.4 Å². The molecule has 5 heteroatoms. The number of nitrogens with zero attached hydrogens (tertiary/aromatic N) is 1. The van der Waals surface area contributed by atoms with E-state index in [1.165, 1.54) is 0 Å². The molecular formula is C19H29N3O2. The maximum Gasteiger partial charge on any atom is 0.191 e. The van der Waals surface area contributed by atoms with Crippen molar-refractivity contribution >= 4 is 5.96 Å². The van der Waals surface area contributed by atoms with Crippen LogP contribution in [0.25, 0.3) is 0 Å². The first kappa shape index (κ1) is 17.1. The second kappa shape index (κ2) is 6.63. The quantitative estimate of drug-likeness (QED) is 0.658. The molecule has 1 saturated carbocycles. The van der Waals surface area contributed by atoms with Crippen molar-refractivity contribution in [1.29, 1.82) is 0 Å². The molecule has 4 unspecified atom stereocenters. The maximum atomic E-state index is 5.88. The van der Waals surface area contributed by atoms with E-state index in [9.17, 15) is 0 Å². The van der Waals surface area contributed by atoms with Gasteiger partial charge < -0.3 is 20.1 Å². The molecule has 0 radical (unpaired) electrons. The van der Waals surface area contributed by atoms with Gasteiger partial charge in [0.1, 0.15) is 5.75 Å². The molecule has 2 fully saturated rings. The van der Waals surface area contributed by atoms with Gasteiger partial charge in [-0.2, -0.15) is 0 Å². The smallest absolute Gasteiger partial charge is 0.191 e. The monoisotopic (exact) mass is 331 g/mol. The lowest BCUT2D eigenvalue weighted by molar-refractivity contribution is -0.106. The standard InChI is InChI=1S/C19H29N3O2/c1-12(13-8-6-7-9-15(13)23-5)21-18(20-4)22-16-14-10-11-24-17(14)19(16,2)3/h6-9,12,14,16-17H,10-11H2,1-5H3,(H2,20,21,22). The molecular weight excluding hydrogens is 302 g/mol. The Morgan fingerprint density at radius 3 is 2.83 bits per heavy atom. The molecule has 1 aliphatic heterocycles. The van der Waals surface area contributed by atoms with Gasteiger partial charge in [0.2, 0.25) is 0 Å². The summed E-state index contributed by atoms with van der Waals surface area (Å²) in [4.78, 5) is 4.42. The summed E-state index contributed by atoms with van der Waals surface area (Å²) in [5.41, 5.74) is 1.25. The highest BCUT2D eigenvalue weighted by molar-refractivity contribution is 5.80. The zero-order chi connectivity index (χ0) is 17.3. The zero-order valence-electron chi connectivity index (χ0n) is 15.3. The van der Waals surface area contributed by atoms with Crippen molar-refractivity contribution in [3.05, 3.63) is 29.8 Å². The third kappa shape index (κ3) is 2.86. The largest absolute Gasteiger partial charge is 0.496 e. The molecule has 5 nitrogen and oxygen atoms in total. The highest BCUT2D eigenvalue weighted by Gasteiger charge is 2.59. The molecule has 0 aromatic heterocycles. The number of fused-ring (bicyclic) bond motifs is 1. The molecule has 4 atom stereocenters. The number of ether oxygens (including phenoxy) is 2. The number of aliphatic imine (C=N–C) groups is 1. The van der Waals surface area contributed by atoms with E-state index in [0.29, 0.717) is 18.1 Å². The van der Waals surface area contributed by atoms with Crippen LogP contribution in [-0.4, -0.2) is 38.9 Å². The van der Waals surface area contributed by atoms with E-state index in [1.807, 2.05) is 25.2 Å². The number of hydrogen-bond donors (Lipinski definition) is 2. The van der Waals surface area contributed by atoms with Crippen LogP contribution in [0.2, 0.25) is 0 Å². The van der Waals surface area contributed by atoms with Crippen molar-refractivity contribution in [2.75, 3.05) is 20.8 Å². The SMILES string of the molecule is CN=C(NC(C)c1ccccc1OC)NC1C2CCOC2C1(C)C. The Kier molecular flexibility index (Phi) is 4.72. The fourth-order valence-electron chi connectivity index (χ4n) is 4.24. The number of methoxy groups -OCH3 is 1. The van der Waals surface area contributed by atoms with Crippen molar-refractivity contribution in [2.45, 2.75) is 45.4 Å². The summed E-state index contributed by atoms with van der Waals surface area (Å²) in [5, 5.41) is 7.11. The van der Waals surface area contributed by atoms with Gasteiger partial charge in [0, 0.05) is 36.6 Å². The predicted octanol–water partition coefficient (Wildman–Crippen LogP) is 2.73. The Hall–Kier alpha value is -1.75. The van der Waals surface area contributed by atoms with Crippen LogP contribution < -0.4 is 15.4 Å². The van der Waals surface area contributed by atoms with Gasteiger partial charge in [0.15, 0.2) is 5.96 Å². The van der Waals surface area contributed by atoms with E-state index in [-0.39, 0.29) is 11.5 Å². The number of guanidine groups is 1. The van der Waals surface area contributed by atoms with Crippen LogP contribution in [0.4, 0.5) is 0 Å². The first-order valence-electron chi connectivity index (χ1n) is 8.73. The summed E-state index contributed by atoms with van der Waals surface area (Å²) in [7, 11) is 3.52. The minimum Gasteiger partial charge on any atom is -0.496 e. The van der Waals surface area contributed by atoms with Crippen molar-refractivity contribution in [2.24, 2.45) is 16.3 Å². The summed E-state index contributed by atoms with van der Waals surface area (Å²) in [6.45, 7) is 7.54. The van der Waals surface area contributed by atoms with Crippen molar-refractivity contribution in [3.8, 4) is 5.75 Å². The number of rotatable bonds is 4. The number of nitrogens with one attached hydrogen (secondary N) is 2. The van der Waals surface area contributed by atoms with Crippen LogP contribution in [0, 0.1) is 11.3 Å². The second-order valence-electron chi connectivity index (χ2n) is 7.37. The molecule has 3 rings (SSSR count). The molecule has 1 aromatic rings. The van der Waals surface area contributed by atoms with Gasteiger partial charge in [-0.15, -0.1) is 0 Å². The lowest BCUT2D eigenvalue weighted by Gasteiger charge is -2.55. The third-order valence-corrected chi connectivity index (χ3v) is 5.57. The molecule has 0 bridgehead atoms. The molecule has 1 aromatic carbocycles. The van der Waals surface area contributed by atoms with Crippen LogP contribution >= 0.6 is 0 Å². The van der Waals surface area contributed by atoms with Gasteiger partial charge in [0.05, 0.1) is 19.3 Å². The van der Waals surface area contributed by atoms with Crippen LogP contribution in [0.3, 0.4) is 0 Å². The molecule has 2 N–H and O–H groups in total. The Morgan fingerprint density at radius 1 is 1.38 bits per heavy atom. The first-order valence-corrected chi connectivity index (χ1v) is 8.73. The third-order valence-electron chi connectivity index (χ3n) is 5.57. The summed E-state index contributed by atoms with van der Waals surface area (Å²) in [6, 6.07) is 8.57. The van der Waals surface area contributed by atoms with Crippen LogP contribution in [0.5, 0.6) is 5.75 Å². The normalized spacial score (nSPS) is 29.4. The second-order valence-corrected chi connectivity index (χ2v) is 7.37. The van der Waals surface area contributed by atoms with Crippen molar-refractivity contribution < 1.29 is 9.47 Å². The highest BCUT2D eigenvalue weighted by atomic mass is 16.5. The number of benzene rings is 1. The maximum absolute atomic E-state index is 5.88. The van der Waals surface area contributed by atoms with Crippen LogP contribution in [0.15, 0.2) is 29.3 Å². The lowest BCUT2D eigenvalue weighted by atomic mass is 9.57. The van der Waals surface area contributed by atoms with Crippen molar-refractivity contribution in [3.63, 3.8) is 0 Å². The number of hydrogen-bond acceptors (Lipinski definition) is 3. The van der Waals surface area contributed by atoms with E-state index in [4.69, 9.17) is 9.47 Å². The Bertz CT molecular complexity index is 614. The van der Waals surface area contributed by atoms with Crippen LogP contribution in [-0.2, 0) is 4.74 Å². The Morgan fingerprint density at radius 2 is 2.12 bits per heavy atom. The highest BCUT2D eigenvalue weighted by Crippen LogP contribution is 2.52. The van der Waals surface area contributed by atoms with Gasteiger partial charge in [-0.1, -0.05) is 32.0 Å². The van der Waals surface area contributed by atoms with Crippen LogP contribution in [0.1, 0.15) is 38.8 Å². The molecule has 1 saturated heterocycles. The van der Waals surface area contributed by atoms with E-state index in [2.05, 4.69) is 42.5 Å². The Balaban J connectivity index is 1.67. The molecule has 0 spiro atoms. The molecule has 0 amide bonds. The topological polar surface area (TPSA) is 54.9 Å². The molecule has 132 valence electrons. The van der Waals surface area contributed by atoms with Gasteiger partial charge >= 0.3 is 0 Å². The minimum atomic E-state index is 0.103.